The van der Waals surface area contributed by atoms with Gasteiger partial charge in [0.15, 0.2) is 0 Å². The van der Waals surface area contributed by atoms with Crippen molar-refractivity contribution in [2.24, 2.45) is 11.8 Å². The number of hydrazine groups is 1. The molecule has 112 valence electrons. The second kappa shape index (κ2) is 6.99. The van der Waals surface area contributed by atoms with Gasteiger partial charge >= 0.3 is 0 Å². The molecule has 0 aromatic carbocycles. The number of nitrogen functional groups attached to an aromatic ring is 1. The molecule has 0 bridgehead atoms. The highest BCUT2D eigenvalue weighted by molar-refractivity contribution is 5.35. The molecule has 0 saturated carbocycles. The van der Waals surface area contributed by atoms with Crippen molar-refractivity contribution >= 4 is 5.82 Å². The topological polar surface area (TPSA) is 86.0 Å². The highest BCUT2D eigenvalue weighted by Crippen LogP contribution is 2.14. The zero-order valence-corrected chi connectivity index (χ0v) is 12.6. The molecule has 21 heavy (non-hydrogen) atoms. The fraction of sp³-hybridized carbons (Fsp3) is 0.400. The summed E-state index contributed by atoms with van der Waals surface area (Å²) in [5.41, 5.74) is 4.62. The Hall–Kier alpha value is -2.21. The van der Waals surface area contributed by atoms with Crippen LogP contribution in [0.1, 0.15) is 30.9 Å². The predicted molar refractivity (Wildman–Crippen MR) is 82.0 cm³/mol. The average molecular weight is 287 g/mol. The number of aromatic nitrogens is 3. The third-order valence-corrected chi connectivity index (χ3v) is 2.96. The van der Waals surface area contributed by atoms with Crippen molar-refractivity contribution < 1.29 is 4.74 Å². The van der Waals surface area contributed by atoms with Gasteiger partial charge in [-0.05, 0) is 17.9 Å². The number of nitrogens with two attached hydrogens (primary N) is 1. The van der Waals surface area contributed by atoms with Gasteiger partial charge in [-0.25, -0.2) is 20.8 Å². The molecule has 0 radical (unpaired) electrons. The first kappa shape index (κ1) is 15.2. The van der Waals surface area contributed by atoms with Crippen LogP contribution in [0.25, 0.3) is 0 Å². The molecule has 2 rings (SSSR count). The SMILES string of the molecule is COc1ccc(Cc2nc(CC(C)C)cc(NN)n2)cn1. The van der Waals surface area contributed by atoms with E-state index in [1.54, 1.807) is 13.3 Å². The summed E-state index contributed by atoms with van der Waals surface area (Å²) in [6.07, 6.45) is 3.27. The number of nitrogens with one attached hydrogen (secondary N) is 1. The molecule has 6 nitrogen and oxygen atoms in total. The Labute approximate surface area is 124 Å². The lowest BCUT2D eigenvalue weighted by molar-refractivity contribution is 0.397. The molecule has 2 aromatic heterocycles. The Bertz CT molecular complexity index is 583. The van der Waals surface area contributed by atoms with Crippen molar-refractivity contribution in [2.75, 3.05) is 12.5 Å². The fourth-order valence-electron chi connectivity index (χ4n) is 2.05. The maximum atomic E-state index is 5.48. The lowest BCUT2D eigenvalue weighted by Gasteiger charge is -2.09. The highest BCUT2D eigenvalue weighted by atomic mass is 16.5. The van der Waals surface area contributed by atoms with E-state index in [0.717, 1.165) is 23.5 Å². The summed E-state index contributed by atoms with van der Waals surface area (Å²) in [6, 6.07) is 5.67. The van der Waals surface area contributed by atoms with E-state index in [0.29, 0.717) is 24.0 Å². The van der Waals surface area contributed by atoms with Crippen LogP contribution in [0.3, 0.4) is 0 Å². The van der Waals surface area contributed by atoms with Gasteiger partial charge in [-0.1, -0.05) is 19.9 Å². The lowest BCUT2D eigenvalue weighted by atomic mass is 10.1. The van der Waals surface area contributed by atoms with Crippen molar-refractivity contribution in [1.29, 1.82) is 0 Å². The van der Waals surface area contributed by atoms with Crippen LogP contribution in [0, 0.1) is 5.92 Å². The van der Waals surface area contributed by atoms with Crippen molar-refractivity contribution in [2.45, 2.75) is 26.7 Å². The van der Waals surface area contributed by atoms with Crippen molar-refractivity contribution in [3.8, 4) is 5.88 Å². The van der Waals surface area contributed by atoms with Gasteiger partial charge in [0.2, 0.25) is 5.88 Å². The molecule has 0 aliphatic carbocycles. The van der Waals surface area contributed by atoms with Gasteiger partial charge in [0, 0.05) is 30.4 Å². The number of rotatable bonds is 6. The average Bonchev–Trinajstić information content (AvgIpc) is 2.47. The third kappa shape index (κ3) is 4.39. The first-order valence-electron chi connectivity index (χ1n) is 6.93. The minimum absolute atomic E-state index is 0.529. The number of methoxy groups -OCH3 is 1. The van der Waals surface area contributed by atoms with Crippen molar-refractivity contribution in [3.63, 3.8) is 0 Å². The Morgan fingerprint density at radius 3 is 2.67 bits per heavy atom. The van der Waals surface area contributed by atoms with Gasteiger partial charge in [0.25, 0.3) is 0 Å². The Morgan fingerprint density at radius 2 is 2.10 bits per heavy atom. The molecule has 0 aliphatic heterocycles. The molecule has 0 unspecified atom stereocenters. The molecular formula is C15H21N5O. The summed E-state index contributed by atoms with van der Waals surface area (Å²) in [6.45, 7) is 4.31. The van der Waals surface area contributed by atoms with Crippen LogP contribution < -0.4 is 16.0 Å². The zero-order chi connectivity index (χ0) is 15.2. The van der Waals surface area contributed by atoms with E-state index in [1.165, 1.54) is 0 Å². The summed E-state index contributed by atoms with van der Waals surface area (Å²) in [5.74, 6) is 7.97. The molecule has 6 heteroatoms. The molecule has 0 fully saturated rings. The van der Waals surface area contributed by atoms with Gasteiger partial charge in [0.05, 0.1) is 7.11 Å². The van der Waals surface area contributed by atoms with Crippen LogP contribution >= 0.6 is 0 Å². The van der Waals surface area contributed by atoms with E-state index >= 15 is 0 Å². The molecular weight excluding hydrogens is 266 g/mol. The van der Waals surface area contributed by atoms with Gasteiger partial charge in [-0.2, -0.15) is 0 Å². The number of pyridine rings is 1. The summed E-state index contributed by atoms with van der Waals surface area (Å²) in [7, 11) is 1.60. The highest BCUT2D eigenvalue weighted by Gasteiger charge is 2.07. The molecule has 0 atom stereocenters. The van der Waals surface area contributed by atoms with Crippen LogP contribution in [-0.2, 0) is 12.8 Å². The maximum Gasteiger partial charge on any atom is 0.212 e. The van der Waals surface area contributed by atoms with Crippen LogP contribution in [0.15, 0.2) is 24.4 Å². The van der Waals surface area contributed by atoms with E-state index in [1.807, 2.05) is 18.2 Å². The molecule has 0 spiro atoms. The minimum atomic E-state index is 0.529. The van der Waals surface area contributed by atoms with E-state index in [2.05, 4.69) is 34.2 Å². The van der Waals surface area contributed by atoms with Crippen LogP contribution in [0.5, 0.6) is 5.88 Å². The molecule has 0 amide bonds. The summed E-state index contributed by atoms with van der Waals surface area (Å²) in [4.78, 5) is 13.2. The van der Waals surface area contributed by atoms with Gasteiger partial charge in [-0.15, -0.1) is 0 Å². The second-order valence-electron chi connectivity index (χ2n) is 5.29. The summed E-state index contributed by atoms with van der Waals surface area (Å²) in [5, 5.41) is 0. The standard InChI is InChI=1S/C15H21N5O/c1-10(2)6-12-8-14(20-16)19-13(18-12)7-11-4-5-15(21-3)17-9-11/h4-5,8-10H,6-7,16H2,1-3H3,(H,18,19,20). The lowest BCUT2D eigenvalue weighted by Crippen LogP contribution is -2.12. The zero-order valence-electron chi connectivity index (χ0n) is 12.6. The Morgan fingerprint density at radius 1 is 1.29 bits per heavy atom. The Kier molecular flexibility index (Phi) is 5.05. The Balaban J connectivity index is 2.20. The number of hydrogen-bond acceptors (Lipinski definition) is 6. The monoisotopic (exact) mass is 287 g/mol. The molecule has 2 aromatic rings. The minimum Gasteiger partial charge on any atom is -0.481 e. The molecule has 0 aliphatic rings. The summed E-state index contributed by atoms with van der Waals surface area (Å²) < 4.78 is 5.05. The summed E-state index contributed by atoms with van der Waals surface area (Å²) >= 11 is 0. The molecule has 3 N–H and O–H groups in total. The third-order valence-electron chi connectivity index (χ3n) is 2.96. The van der Waals surface area contributed by atoms with Crippen LogP contribution in [-0.4, -0.2) is 22.1 Å². The van der Waals surface area contributed by atoms with E-state index in [-0.39, 0.29) is 0 Å². The number of nitrogens with zero attached hydrogens (tertiary/aromatic N) is 3. The van der Waals surface area contributed by atoms with Gasteiger partial charge in [0.1, 0.15) is 11.6 Å². The van der Waals surface area contributed by atoms with Crippen LogP contribution in [0.2, 0.25) is 0 Å². The molecule has 0 saturated heterocycles. The largest absolute Gasteiger partial charge is 0.481 e. The first-order chi connectivity index (χ1) is 10.1. The van der Waals surface area contributed by atoms with Gasteiger partial charge in [-0.3, -0.25) is 0 Å². The number of hydrogen-bond donors (Lipinski definition) is 2. The fourth-order valence-corrected chi connectivity index (χ4v) is 2.05. The normalized spacial score (nSPS) is 10.7. The van der Waals surface area contributed by atoms with E-state index in [4.69, 9.17) is 10.6 Å². The number of anilines is 1. The maximum absolute atomic E-state index is 5.48. The predicted octanol–water partition coefficient (Wildman–Crippen LogP) is 1.96. The van der Waals surface area contributed by atoms with Crippen molar-refractivity contribution in [1.82, 2.24) is 15.0 Å². The van der Waals surface area contributed by atoms with Crippen LogP contribution in [0.4, 0.5) is 5.82 Å². The second-order valence-corrected chi connectivity index (χ2v) is 5.29. The number of ether oxygens (including phenoxy) is 1. The quantitative estimate of drug-likeness (QED) is 0.624. The van der Waals surface area contributed by atoms with E-state index in [9.17, 15) is 0 Å². The van der Waals surface area contributed by atoms with E-state index < -0.39 is 0 Å². The first-order valence-corrected chi connectivity index (χ1v) is 6.93. The van der Waals surface area contributed by atoms with Gasteiger partial charge < -0.3 is 10.2 Å². The molecule has 2 heterocycles. The van der Waals surface area contributed by atoms with Crippen molar-refractivity contribution in [3.05, 3.63) is 41.5 Å². The smallest absolute Gasteiger partial charge is 0.212 e.